The van der Waals surface area contributed by atoms with Gasteiger partial charge in [-0.15, -0.1) is 0 Å². The van der Waals surface area contributed by atoms with Crippen LogP contribution >= 0.6 is 11.3 Å². The molecule has 4 rings (SSSR count). The minimum atomic E-state index is -0.514. The highest BCUT2D eigenvalue weighted by Gasteiger charge is 2.41. The summed E-state index contributed by atoms with van der Waals surface area (Å²) >= 11 is 1.19. The Bertz CT molecular complexity index is 913. The Hall–Kier alpha value is -2.49. The van der Waals surface area contributed by atoms with Crippen molar-refractivity contribution in [2.75, 3.05) is 36.9 Å². The van der Waals surface area contributed by atoms with Crippen molar-refractivity contribution in [2.45, 2.75) is 32.5 Å². The summed E-state index contributed by atoms with van der Waals surface area (Å²) in [6.45, 7) is 6.11. The van der Waals surface area contributed by atoms with E-state index in [0.717, 1.165) is 5.56 Å². The molecule has 8 nitrogen and oxygen atoms in total. The van der Waals surface area contributed by atoms with E-state index in [1.807, 2.05) is 31.2 Å². The summed E-state index contributed by atoms with van der Waals surface area (Å²) in [6, 6.07) is 7.13. The summed E-state index contributed by atoms with van der Waals surface area (Å²) < 4.78 is 11.4. The second-order valence-electron chi connectivity index (χ2n) is 7.28. The Morgan fingerprint density at radius 2 is 1.86 bits per heavy atom. The van der Waals surface area contributed by atoms with Crippen LogP contribution in [-0.4, -0.2) is 53.9 Å². The molecule has 3 heterocycles. The van der Waals surface area contributed by atoms with Crippen LogP contribution in [0.15, 0.2) is 24.3 Å². The third kappa shape index (κ3) is 4.42. The third-order valence-electron chi connectivity index (χ3n) is 5.11. The first kappa shape index (κ1) is 19.8. The van der Waals surface area contributed by atoms with Crippen molar-refractivity contribution in [3.8, 4) is 0 Å². The molecule has 0 atom stereocenters. The van der Waals surface area contributed by atoms with E-state index in [2.05, 4.69) is 15.6 Å². The van der Waals surface area contributed by atoms with Crippen molar-refractivity contribution >= 4 is 34.1 Å². The number of aromatic nitrogens is 1. The highest BCUT2D eigenvalue weighted by Crippen LogP contribution is 2.33. The Balaban J connectivity index is 1.37. The molecule has 0 aliphatic carbocycles. The predicted octanol–water partition coefficient (Wildman–Crippen LogP) is 3.38. The van der Waals surface area contributed by atoms with Gasteiger partial charge in [0.25, 0.3) is 5.91 Å². The first-order chi connectivity index (χ1) is 13.9. The van der Waals surface area contributed by atoms with Crippen LogP contribution in [0.2, 0.25) is 0 Å². The van der Waals surface area contributed by atoms with Gasteiger partial charge in [-0.25, -0.2) is 9.78 Å². The normalized spacial score (nSPS) is 18.1. The maximum atomic E-state index is 12.9. The fourth-order valence-electron chi connectivity index (χ4n) is 3.61. The number of carbonyl (C=O) groups excluding carboxylic acids is 2. The Morgan fingerprint density at radius 3 is 2.55 bits per heavy atom. The molecule has 2 aromatic rings. The van der Waals surface area contributed by atoms with E-state index in [1.54, 1.807) is 11.8 Å². The van der Waals surface area contributed by atoms with Crippen molar-refractivity contribution < 1.29 is 19.1 Å². The molecule has 1 aromatic carbocycles. The Morgan fingerprint density at radius 1 is 1.14 bits per heavy atom. The molecule has 154 valence electrons. The molecule has 9 heteroatoms. The molecule has 0 unspecified atom stereocenters. The highest BCUT2D eigenvalue weighted by molar-refractivity contribution is 7.17. The molecule has 0 saturated carbocycles. The van der Waals surface area contributed by atoms with Crippen molar-refractivity contribution in [3.63, 3.8) is 0 Å². The number of nitrogens with one attached hydrogen (secondary N) is 2. The molecule has 2 saturated heterocycles. The lowest BCUT2D eigenvalue weighted by Crippen LogP contribution is -2.47. The van der Waals surface area contributed by atoms with Gasteiger partial charge in [-0.05, 0) is 31.5 Å². The molecule has 29 heavy (non-hydrogen) atoms. The molecule has 0 radical (unpaired) electrons. The average Bonchev–Trinajstić information content (AvgIpc) is 3.28. The smallest absolute Gasteiger partial charge is 0.325 e. The van der Waals surface area contributed by atoms with Crippen LogP contribution in [0.3, 0.4) is 0 Å². The van der Waals surface area contributed by atoms with Gasteiger partial charge in [0.15, 0.2) is 10.9 Å². The third-order valence-corrected chi connectivity index (χ3v) is 6.17. The summed E-state index contributed by atoms with van der Waals surface area (Å²) in [5.41, 5.74) is 2.36. The lowest BCUT2D eigenvalue weighted by molar-refractivity contribution is -0.181. The largest absolute Gasteiger partial charge is 0.347 e. The van der Waals surface area contributed by atoms with Gasteiger partial charge in [0, 0.05) is 31.6 Å². The Kier molecular flexibility index (Phi) is 5.53. The number of hydrogen-bond donors (Lipinski definition) is 2. The number of thiazole rings is 1. The Labute approximate surface area is 173 Å². The fourth-order valence-corrected chi connectivity index (χ4v) is 4.54. The maximum Gasteiger partial charge on any atom is 0.325 e. The maximum absolute atomic E-state index is 12.9. The molecule has 2 N–H and O–H groups in total. The summed E-state index contributed by atoms with van der Waals surface area (Å²) in [5.74, 6) is -0.583. The van der Waals surface area contributed by atoms with Crippen LogP contribution in [0.4, 0.5) is 15.6 Å². The van der Waals surface area contributed by atoms with E-state index in [1.165, 1.54) is 11.3 Å². The number of aryl methyl sites for hydroxylation is 2. The monoisotopic (exact) mass is 416 g/mol. The lowest BCUT2D eigenvalue weighted by atomic mass is 10.0. The predicted molar refractivity (Wildman–Crippen MR) is 110 cm³/mol. The van der Waals surface area contributed by atoms with Crippen LogP contribution in [0.25, 0.3) is 0 Å². The molecule has 3 amide bonds. The van der Waals surface area contributed by atoms with Gasteiger partial charge >= 0.3 is 6.03 Å². The zero-order valence-electron chi connectivity index (χ0n) is 16.5. The van der Waals surface area contributed by atoms with Crippen LogP contribution in [-0.2, 0) is 9.47 Å². The summed E-state index contributed by atoms with van der Waals surface area (Å²) in [5, 5.41) is 5.88. The number of rotatable bonds is 3. The van der Waals surface area contributed by atoms with Crippen LogP contribution in [0, 0.1) is 13.8 Å². The summed E-state index contributed by atoms with van der Waals surface area (Å²) in [7, 11) is 0. The van der Waals surface area contributed by atoms with Gasteiger partial charge in [-0.1, -0.05) is 23.5 Å². The lowest BCUT2D eigenvalue weighted by Gasteiger charge is -2.37. The van der Waals surface area contributed by atoms with Gasteiger partial charge in [0.1, 0.15) is 4.88 Å². The second-order valence-corrected chi connectivity index (χ2v) is 8.28. The van der Waals surface area contributed by atoms with E-state index in [0.29, 0.717) is 60.5 Å². The van der Waals surface area contributed by atoms with Crippen molar-refractivity contribution in [3.05, 3.63) is 40.4 Å². The molecule has 2 fully saturated rings. The second kappa shape index (κ2) is 8.10. The molecule has 2 aliphatic heterocycles. The number of anilines is 2. The van der Waals surface area contributed by atoms with Crippen molar-refractivity contribution in [1.82, 2.24) is 9.88 Å². The number of piperidine rings is 1. The highest BCUT2D eigenvalue weighted by atomic mass is 32.1. The molecule has 2 aliphatic rings. The summed E-state index contributed by atoms with van der Waals surface area (Å²) in [4.78, 5) is 31.9. The van der Waals surface area contributed by atoms with E-state index in [-0.39, 0.29) is 5.91 Å². The average molecular weight is 417 g/mol. The quantitative estimate of drug-likeness (QED) is 0.800. The van der Waals surface area contributed by atoms with Crippen LogP contribution in [0.1, 0.15) is 33.8 Å². The van der Waals surface area contributed by atoms with Crippen LogP contribution in [0.5, 0.6) is 0 Å². The van der Waals surface area contributed by atoms with Crippen LogP contribution < -0.4 is 10.6 Å². The number of carbonyl (C=O) groups is 2. The fraction of sp³-hybridized carbons (Fsp3) is 0.450. The molecule has 1 aromatic heterocycles. The van der Waals surface area contributed by atoms with Gasteiger partial charge in [0.2, 0.25) is 0 Å². The molecule has 0 bridgehead atoms. The molecular formula is C20H24N4O4S. The van der Waals surface area contributed by atoms with Crippen molar-refractivity contribution in [1.29, 1.82) is 0 Å². The first-order valence-electron chi connectivity index (χ1n) is 9.63. The minimum Gasteiger partial charge on any atom is -0.347 e. The van der Waals surface area contributed by atoms with Gasteiger partial charge < -0.3 is 19.7 Å². The minimum absolute atomic E-state index is 0.0695. The van der Waals surface area contributed by atoms with E-state index in [4.69, 9.17) is 9.47 Å². The number of nitrogens with zero attached hydrogens (tertiary/aromatic N) is 2. The van der Waals surface area contributed by atoms with Gasteiger partial charge in [0.05, 0.1) is 18.9 Å². The number of ether oxygens (including phenoxy) is 2. The molecule has 1 spiro atoms. The zero-order valence-corrected chi connectivity index (χ0v) is 17.3. The molecular weight excluding hydrogens is 392 g/mol. The number of urea groups is 1. The van der Waals surface area contributed by atoms with E-state index in [9.17, 15) is 9.59 Å². The van der Waals surface area contributed by atoms with E-state index >= 15 is 0 Å². The standard InChI is InChI=1S/C20H24N4O4S/c1-13-4-3-5-15(12-13)22-18(26)23-19-21-14(2)16(29-19)17(25)24-8-6-20(7-9-24)27-10-11-28-20/h3-5,12H,6-11H2,1-2H3,(H2,21,22,23,26). The zero-order chi connectivity index (χ0) is 20.4. The van der Waals surface area contributed by atoms with Gasteiger partial charge in [-0.2, -0.15) is 0 Å². The topological polar surface area (TPSA) is 92.8 Å². The number of hydrogen-bond acceptors (Lipinski definition) is 6. The first-order valence-corrected chi connectivity index (χ1v) is 10.5. The number of likely N-dealkylation sites (tertiary alicyclic amines) is 1. The summed E-state index contributed by atoms with van der Waals surface area (Å²) in [6.07, 6.45) is 1.33. The van der Waals surface area contributed by atoms with Crippen molar-refractivity contribution in [2.24, 2.45) is 0 Å². The SMILES string of the molecule is Cc1cccc(NC(=O)Nc2nc(C)c(C(=O)N3CCC4(CC3)OCCO4)s2)c1. The number of amides is 3. The number of benzene rings is 1. The van der Waals surface area contributed by atoms with E-state index < -0.39 is 11.8 Å². The van der Waals surface area contributed by atoms with Gasteiger partial charge in [-0.3, -0.25) is 10.1 Å².